The van der Waals surface area contributed by atoms with Gasteiger partial charge in [-0.05, 0) is 24.3 Å². The average Bonchev–Trinajstić information content (AvgIpc) is 2.84. The van der Waals surface area contributed by atoms with Crippen LogP contribution >= 0.6 is 47.8 Å². The van der Waals surface area contributed by atoms with E-state index in [9.17, 15) is 0 Å². The van der Waals surface area contributed by atoms with Crippen molar-refractivity contribution in [1.82, 2.24) is 5.16 Å². The molecule has 0 amide bonds. The molecule has 2 aromatic carbocycles. The van der Waals surface area contributed by atoms with Gasteiger partial charge in [0.15, 0.2) is 11.6 Å². The number of anilines is 1. The molecule has 0 radical (unpaired) electrons. The zero-order valence-electron chi connectivity index (χ0n) is 10.6. The van der Waals surface area contributed by atoms with E-state index >= 15 is 0 Å². The van der Waals surface area contributed by atoms with E-state index in [-0.39, 0.29) is 0 Å². The molecule has 1 aromatic heterocycles. The van der Waals surface area contributed by atoms with Crippen LogP contribution in [0.3, 0.4) is 0 Å². The number of nitrogens with two attached hydrogens (primary N) is 1. The smallest absolute Gasteiger partial charge is 0.178 e. The Kier molecular flexibility index (Phi) is 4.19. The Balaban J connectivity index is 2.27. The summed E-state index contributed by atoms with van der Waals surface area (Å²) in [7, 11) is 0. The Morgan fingerprint density at radius 3 is 2.38 bits per heavy atom. The number of nitrogens with zero attached hydrogens (tertiary/aromatic N) is 1. The van der Waals surface area contributed by atoms with Crippen molar-refractivity contribution < 1.29 is 4.52 Å². The normalized spacial score (nSPS) is 10.8. The van der Waals surface area contributed by atoms with Crippen LogP contribution < -0.4 is 5.73 Å². The Labute approximate surface area is 146 Å². The first kappa shape index (κ1) is 14.8. The molecule has 0 aliphatic heterocycles. The third kappa shape index (κ3) is 2.80. The van der Waals surface area contributed by atoms with Crippen molar-refractivity contribution in [2.75, 3.05) is 5.73 Å². The Bertz CT molecular complexity index is 814. The summed E-state index contributed by atoms with van der Waals surface area (Å²) in [5.74, 6) is 0.997. The third-order valence-electron chi connectivity index (χ3n) is 3.03. The summed E-state index contributed by atoms with van der Waals surface area (Å²) >= 11 is 10.6. The quantitative estimate of drug-likeness (QED) is 0.507. The van der Waals surface area contributed by atoms with Crippen LogP contribution in [0.1, 0.15) is 0 Å². The van der Waals surface area contributed by atoms with Gasteiger partial charge in [-0.1, -0.05) is 71.1 Å². The zero-order chi connectivity index (χ0) is 15.0. The van der Waals surface area contributed by atoms with Gasteiger partial charge in [0.05, 0.1) is 5.56 Å². The highest BCUT2D eigenvalue weighted by atomic mass is 79.9. The Morgan fingerprint density at radius 2 is 1.62 bits per heavy atom. The molecule has 0 unspecified atom stereocenters. The van der Waals surface area contributed by atoms with Crippen LogP contribution in [0.5, 0.6) is 0 Å². The van der Waals surface area contributed by atoms with E-state index in [0.717, 1.165) is 30.1 Å². The van der Waals surface area contributed by atoms with Crippen molar-refractivity contribution in [1.29, 1.82) is 0 Å². The maximum absolute atomic E-state index is 6.02. The molecule has 21 heavy (non-hydrogen) atoms. The molecule has 106 valence electrons. The predicted molar refractivity (Wildman–Crippen MR) is 94.9 cm³/mol. The molecular formula is C15H9Br3N2O. The highest BCUT2D eigenvalue weighted by Crippen LogP contribution is 2.42. The molecule has 3 nitrogen and oxygen atoms in total. The SMILES string of the molecule is Nc1noc(-c2cc(Br)ccc2Br)c1-c1ccccc1Br. The highest BCUT2D eigenvalue weighted by molar-refractivity contribution is 9.11. The summed E-state index contributed by atoms with van der Waals surface area (Å²) in [5.41, 5.74) is 8.62. The van der Waals surface area contributed by atoms with Gasteiger partial charge in [-0.25, -0.2) is 0 Å². The summed E-state index contributed by atoms with van der Waals surface area (Å²) in [4.78, 5) is 0. The number of halogens is 3. The maximum Gasteiger partial charge on any atom is 0.178 e. The summed E-state index contributed by atoms with van der Waals surface area (Å²) in [5, 5.41) is 3.93. The number of aromatic nitrogens is 1. The van der Waals surface area contributed by atoms with Gasteiger partial charge in [-0.2, -0.15) is 0 Å². The second-order valence-electron chi connectivity index (χ2n) is 4.38. The summed E-state index contributed by atoms with van der Waals surface area (Å²) < 4.78 is 8.28. The summed E-state index contributed by atoms with van der Waals surface area (Å²) in [6.45, 7) is 0. The molecule has 0 spiro atoms. The second kappa shape index (κ2) is 5.94. The lowest BCUT2D eigenvalue weighted by molar-refractivity contribution is 0.436. The Hall–Kier alpha value is -1.11. The minimum absolute atomic E-state index is 0.365. The molecule has 3 rings (SSSR count). The standard InChI is InChI=1S/C15H9Br3N2O/c16-8-5-6-12(18)10(7-8)14-13(15(19)20-21-14)9-3-1-2-4-11(9)17/h1-7H,(H2,19,20). The van der Waals surface area contributed by atoms with Gasteiger partial charge in [0, 0.05) is 24.5 Å². The van der Waals surface area contributed by atoms with E-state index in [1.165, 1.54) is 0 Å². The van der Waals surface area contributed by atoms with Crippen LogP contribution in [-0.2, 0) is 0 Å². The predicted octanol–water partition coefficient (Wildman–Crippen LogP) is 5.88. The van der Waals surface area contributed by atoms with Gasteiger partial charge >= 0.3 is 0 Å². The van der Waals surface area contributed by atoms with E-state index in [1.807, 2.05) is 42.5 Å². The number of hydrogen-bond donors (Lipinski definition) is 1. The van der Waals surface area contributed by atoms with Gasteiger partial charge in [-0.3, -0.25) is 0 Å². The van der Waals surface area contributed by atoms with E-state index in [0.29, 0.717) is 11.6 Å². The molecule has 0 aliphatic carbocycles. The minimum Gasteiger partial charge on any atom is -0.380 e. The molecule has 0 saturated carbocycles. The molecule has 1 heterocycles. The molecule has 0 aliphatic rings. The monoisotopic (exact) mass is 470 g/mol. The van der Waals surface area contributed by atoms with Crippen LogP contribution in [0, 0.1) is 0 Å². The second-order valence-corrected chi connectivity index (χ2v) is 7.00. The van der Waals surface area contributed by atoms with Gasteiger partial charge in [0.25, 0.3) is 0 Å². The van der Waals surface area contributed by atoms with Crippen LogP contribution in [0.4, 0.5) is 5.82 Å². The first-order valence-electron chi connectivity index (χ1n) is 6.03. The lowest BCUT2D eigenvalue weighted by atomic mass is 10.0. The topological polar surface area (TPSA) is 52.0 Å². The first-order chi connectivity index (χ1) is 10.1. The molecule has 3 aromatic rings. The van der Waals surface area contributed by atoms with Crippen LogP contribution in [0.25, 0.3) is 22.5 Å². The van der Waals surface area contributed by atoms with Crippen molar-refractivity contribution in [3.05, 3.63) is 55.9 Å². The number of nitrogen functional groups attached to an aromatic ring is 1. The zero-order valence-corrected chi connectivity index (χ0v) is 15.4. The van der Waals surface area contributed by atoms with E-state index in [1.54, 1.807) is 0 Å². The fourth-order valence-corrected chi connectivity index (χ4v) is 3.35. The lowest BCUT2D eigenvalue weighted by Crippen LogP contribution is -1.90. The fourth-order valence-electron chi connectivity index (χ4n) is 2.08. The summed E-state index contributed by atoms with van der Waals surface area (Å²) in [6.07, 6.45) is 0. The molecule has 2 N–H and O–H groups in total. The number of benzene rings is 2. The van der Waals surface area contributed by atoms with Gasteiger partial charge in [-0.15, -0.1) is 0 Å². The van der Waals surface area contributed by atoms with Crippen molar-refractivity contribution in [3.63, 3.8) is 0 Å². The van der Waals surface area contributed by atoms with Gasteiger partial charge in [0.1, 0.15) is 0 Å². The molecule has 0 saturated heterocycles. The first-order valence-corrected chi connectivity index (χ1v) is 8.41. The van der Waals surface area contributed by atoms with Crippen molar-refractivity contribution in [3.8, 4) is 22.5 Å². The number of hydrogen-bond acceptors (Lipinski definition) is 3. The van der Waals surface area contributed by atoms with E-state index in [4.69, 9.17) is 10.3 Å². The lowest BCUT2D eigenvalue weighted by Gasteiger charge is -2.07. The van der Waals surface area contributed by atoms with Crippen molar-refractivity contribution in [2.45, 2.75) is 0 Å². The van der Waals surface area contributed by atoms with Crippen LogP contribution in [0.2, 0.25) is 0 Å². The summed E-state index contributed by atoms with van der Waals surface area (Å²) in [6, 6.07) is 13.7. The number of rotatable bonds is 2. The largest absolute Gasteiger partial charge is 0.380 e. The van der Waals surface area contributed by atoms with E-state index in [2.05, 4.69) is 52.9 Å². The van der Waals surface area contributed by atoms with Crippen molar-refractivity contribution in [2.24, 2.45) is 0 Å². The molecule has 0 fully saturated rings. The maximum atomic E-state index is 6.02. The average molecular weight is 473 g/mol. The fraction of sp³-hybridized carbons (Fsp3) is 0. The van der Waals surface area contributed by atoms with Gasteiger partial charge < -0.3 is 10.3 Å². The third-order valence-corrected chi connectivity index (χ3v) is 4.91. The van der Waals surface area contributed by atoms with Gasteiger partial charge in [0.2, 0.25) is 0 Å². The molecule has 0 bridgehead atoms. The minimum atomic E-state index is 0.365. The highest BCUT2D eigenvalue weighted by Gasteiger charge is 2.21. The van der Waals surface area contributed by atoms with Crippen molar-refractivity contribution >= 4 is 53.6 Å². The molecule has 0 atom stereocenters. The van der Waals surface area contributed by atoms with E-state index < -0.39 is 0 Å². The molecule has 6 heteroatoms. The Morgan fingerprint density at radius 1 is 0.905 bits per heavy atom. The van der Waals surface area contributed by atoms with Crippen LogP contribution in [0.15, 0.2) is 60.4 Å². The van der Waals surface area contributed by atoms with Crippen LogP contribution in [-0.4, -0.2) is 5.16 Å². The molecular weight excluding hydrogens is 464 g/mol.